The number of carbonyl (C=O) groups is 1. The fourth-order valence-electron chi connectivity index (χ4n) is 1.82. The second kappa shape index (κ2) is 7.69. The molecule has 1 amide bonds. The molecule has 0 fully saturated rings. The third-order valence-corrected chi connectivity index (χ3v) is 2.70. The van der Waals surface area contributed by atoms with Crippen molar-refractivity contribution in [2.45, 2.75) is 59.5 Å². The van der Waals surface area contributed by atoms with Crippen molar-refractivity contribution in [2.24, 2.45) is 0 Å². The second-order valence-electron chi connectivity index (χ2n) is 4.09. The van der Waals surface area contributed by atoms with Gasteiger partial charge in [-0.2, -0.15) is 0 Å². The number of rotatable bonds is 7. The highest BCUT2D eigenvalue weighted by Gasteiger charge is 2.18. The fourth-order valence-corrected chi connectivity index (χ4v) is 1.82. The second-order valence-corrected chi connectivity index (χ2v) is 4.09. The van der Waals surface area contributed by atoms with Crippen molar-refractivity contribution in [3.8, 4) is 0 Å². The summed E-state index contributed by atoms with van der Waals surface area (Å²) in [5, 5.41) is 3.34. The van der Waals surface area contributed by atoms with Crippen molar-refractivity contribution < 1.29 is 4.79 Å². The molecule has 90 valence electrons. The van der Waals surface area contributed by atoms with Gasteiger partial charge in [0.15, 0.2) is 0 Å². The first kappa shape index (κ1) is 14.4. The summed E-state index contributed by atoms with van der Waals surface area (Å²) >= 11 is 0. The van der Waals surface area contributed by atoms with E-state index in [0.717, 1.165) is 25.9 Å². The Bertz CT molecular complexity index is 178. The summed E-state index contributed by atoms with van der Waals surface area (Å²) in [4.78, 5) is 13.8. The SMILES string of the molecule is CCCC(C)NC(C)C(=O)N(CC)CC. The molecule has 0 aromatic carbocycles. The highest BCUT2D eigenvalue weighted by molar-refractivity contribution is 5.81. The predicted octanol–water partition coefficient (Wildman–Crippen LogP) is 2.02. The zero-order valence-electron chi connectivity index (χ0n) is 10.8. The minimum atomic E-state index is -0.0635. The maximum Gasteiger partial charge on any atom is 0.239 e. The van der Waals surface area contributed by atoms with E-state index in [1.807, 2.05) is 25.7 Å². The van der Waals surface area contributed by atoms with Crippen molar-refractivity contribution in [2.75, 3.05) is 13.1 Å². The van der Waals surface area contributed by atoms with Gasteiger partial charge in [0.2, 0.25) is 5.91 Å². The molecule has 0 radical (unpaired) electrons. The van der Waals surface area contributed by atoms with Crippen LogP contribution in [-0.4, -0.2) is 36.0 Å². The summed E-state index contributed by atoms with van der Waals surface area (Å²) < 4.78 is 0. The van der Waals surface area contributed by atoms with Gasteiger partial charge in [-0.3, -0.25) is 4.79 Å². The lowest BCUT2D eigenvalue weighted by molar-refractivity contribution is -0.132. The molecule has 0 aliphatic rings. The normalized spacial score (nSPS) is 14.7. The van der Waals surface area contributed by atoms with Gasteiger partial charge in [0.25, 0.3) is 0 Å². The number of nitrogens with zero attached hydrogens (tertiary/aromatic N) is 1. The fraction of sp³-hybridized carbons (Fsp3) is 0.917. The minimum Gasteiger partial charge on any atom is -0.342 e. The minimum absolute atomic E-state index is 0.0635. The van der Waals surface area contributed by atoms with Crippen LogP contribution in [0.2, 0.25) is 0 Å². The van der Waals surface area contributed by atoms with E-state index in [1.165, 1.54) is 0 Å². The van der Waals surface area contributed by atoms with Gasteiger partial charge in [-0.1, -0.05) is 13.3 Å². The van der Waals surface area contributed by atoms with E-state index < -0.39 is 0 Å². The van der Waals surface area contributed by atoms with E-state index in [0.29, 0.717) is 6.04 Å². The lowest BCUT2D eigenvalue weighted by Gasteiger charge is -2.25. The molecule has 1 N–H and O–H groups in total. The van der Waals surface area contributed by atoms with E-state index in [1.54, 1.807) is 0 Å². The van der Waals surface area contributed by atoms with Crippen LogP contribution < -0.4 is 5.32 Å². The molecular weight excluding hydrogens is 188 g/mol. The molecule has 2 atom stereocenters. The molecule has 15 heavy (non-hydrogen) atoms. The first-order chi connectivity index (χ1) is 7.06. The van der Waals surface area contributed by atoms with Gasteiger partial charge in [0.05, 0.1) is 6.04 Å². The summed E-state index contributed by atoms with van der Waals surface area (Å²) in [6.45, 7) is 11.9. The Balaban J connectivity index is 4.07. The number of hydrogen-bond donors (Lipinski definition) is 1. The van der Waals surface area contributed by atoms with Gasteiger partial charge in [-0.15, -0.1) is 0 Å². The Morgan fingerprint density at radius 2 is 1.73 bits per heavy atom. The monoisotopic (exact) mass is 214 g/mol. The van der Waals surface area contributed by atoms with Crippen LogP contribution in [0, 0.1) is 0 Å². The molecule has 0 aliphatic carbocycles. The van der Waals surface area contributed by atoms with E-state index in [9.17, 15) is 4.79 Å². The molecule has 0 saturated carbocycles. The van der Waals surface area contributed by atoms with Gasteiger partial charge in [-0.25, -0.2) is 0 Å². The van der Waals surface area contributed by atoms with Gasteiger partial charge in [-0.05, 0) is 34.1 Å². The van der Waals surface area contributed by atoms with E-state index in [-0.39, 0.29) is 11.9 Å². The van der Waals surface area contributed by atoms with Crippen LogP contribution in [0.15, 0.2) is 0 Å². The maximum atomic E-state index is 11.9. The maximum absolute atomic E-state index is 11.9. The molecule has 0 heterocycles. The third kappa shape index (κ3) is 5.17. The number of likely N-dealkylation sites (N-methyl/N-ethyl adjacent to an activating group) is 1. The predicted molar refractivity (Wildman–Crippen MR) is 64.9 cm³/mol. The Hall–Kier alpha value is -0.570. The highest BCUT2D eigenvalue weighted by Crippen LogP contribution is 2.00. The number of nitrogens with one attached hydrogen (secondary N) is 1. The molecule has 3 heteroatoms. The van der Waals surface area contributed by atoms with Crippen molar-refractivity contribution >= 4 is 5.91 Å². The summed E-state index contributed by atoms with van der Waals surface area (Å²) in [6.07, 6.45) is 2.27. The first-order valence-electron chi connectivity index (χ1n) is 6.11. The first-order valence-corrected chi connectivity index (χ1v) is 6.11. The average Bonchev–Trinajstić information content (AvgIpc) is 2.19. The topological polar surface area (TPSA) is 32.3 Å². The van der Waals surface area contributed by atoms with Gasteiger partial charge in [0.1, 0.15) is 0 Å². The van der Waals surface area contributed by atoms with Crippen LogP contribution in [-0.2, 0) is 4.79 Å². The molecule has 0 rings (SSSR count). The van der Waals surface area contributed by atoms with Gasteiger partial charge >= 0.3 is 0 Å². The lowest BCUT2D eigenvalue weighted by Crippen LogP contribution is -2.47. The summed E-state index contributed by atoms with van der Waals surface area (Å²) in [5.74, 6) is 0.211. The quantitative estimate of drug-likeness (QED) is 0.703. The molecule has 2 unspecified atom stereocenters. The average molecular weight is 214 g/mol. The van der Waals surface area contributed by atoms with Crippen LogP contribution in [0.25, 0.3) is 0 Å². The Morgan fingerprint density at radius 3 is 2.13 bits per heavy atom. The Kier molecular flexibility index (Phi) is 7.39. The molecule has 0 aliphatic heterocycles. The summed E-state index contributed by atoms with van der Waals surface area (Å²) in [7, 11) is 0. The van der Waals surface area contributed by atoms with E-state index >= 15 is 0 Å². The van der Waals surface area contributed by atoms with Crippen LogP contribution >= 0.6 is 0 Å². The van der Waals surface area contributed by atoms with Gasteiger partial charge in [0, 0.05) is 19.1 Å². The van der Waals surface area contributed by atoms with Crippen molar-refractivity contribution in [1.82, 2.24) is 10.2 Å². The zero-order chi connectivity index (χ0) is 11.8. The molecule has 0 bridgehead atoms. The number of hydrogen-bond acceptors (Lipinski definition) is 2. The number of carbonyl (C=O) groups excluding carboxylic acids is 1. The molecule has 0 spiro atoms. The highest BCUT2D eigenvalue weighted by atomic mass is 16.2. The molecule has 3 nitrogen and oxygen atoms in total. The van der Waals surface area contributed by atoms with Gasteiger partial charge < -0.3 is 10.2 Å². The Morgan fingerprint density at radius 1 is 1.20 bits per heavy atom. The van der Waals surface area contributed by atoms with Crippen LogP contribution in [0.4, 0.5) is 0 Å². The third-order valence-electron chi connectivity index (χ3n) is 2.70. The van der Waals surface area contributed by atoms with Crippen molar-refractivity contribution in [3.05, 3.63) is 0 Å². The molecule has 0 saturated heterocycles. The standard InChI is InChI=1S/C12H26N2O/c1-6-9-10(4)13-11(5)12(15)14(7-2)8-3/h10-11,13H,6-9H2,1-5H3. The smallest absolute Gasteiger partial charge is 0.239 e. The van der Waals surface area contributed by atoms with Crippen LogP contribution in [0.5, 0.6) is 0 Å². The molecule has 0 aromatic heterocycles. The van der Waals surface area contributed by atoms with Crippen molar-refractivity contribution in [3.63, 3.8) is 0 Å². The van der Waals surface area contributed by atoms with Crippen LogP contribution in [0.3, 0.4) is 0 Å². The summed E-state index contributed by atoms with van der Waals surface area (Å²) in [6, 6.07) is 0.357. The number of amides is 1. The molecular formula is C12H26N2O. The van der Waals surface area contributed by atoms with Crippen LogP contribution in [0.1, 0.15) is 47.5 Å². The summed E-state index contributed by atoms with van der Waals surface area (Å²) in [5.41, 5.74) is 0. The van der Waals surface area contributed by atoms with E-state index in [4.69, 9.17) is 0 Å². The van der Waals surface area contributed by atoms with E-state index in [2.05, 4.69) is 19.2 Å². The Labute approximate surface area is 94.2 Å². The largest absolute Gasteiger partial charge is 0.342 e. The van der Waals surface area contributed by atoms with Crippen molar-refractivity contribution in [1.29, 1.82) is 0 Å². The zero-order valence-corrected chi connectivity index (χ0v) is 10.8. The lowest BCUT2D eigenvalue weighted by atomic mass is 10.1. The molecule has 0 aromatic rings.